The third-order valence-corrected chi connectivity index (χ3v) is 5.93. The monoisotopic (exact) mass is 390 g/mol. The Kier molecular flexibility index (Phi) is 6.35. The number of benzene rings is 2. The van der Waals surface area contributed by atoms with E-state index in [2.05, 4.69) is 5.32 Å². The van der Waals surface area contributed by atoms with Gasteiger partial charge in [-0.25, -0.2) is 13.2 Å². The summed E-state index contributed by atoms with van der Waals surface area (Å²) < 4.78 is 30.8. The highest BCUT2D eigenvalue weighted by molar-refractivity contribution is 7.89. The number of aryl methyl sites for hydroxylation is 1. The molecule has 0 bridgehead atoms. The third kappa shape index (κ3) is 4.72. The SMILES string of the molecule is COC(=O)c1cccc(NC(=O)CN(C)S(=O)(=O)c2ccc(C)cc2)c1C. The third-order valence-electron chi connectivity index (χ3n) is 4.11. The lowest BCUT2D eigenvalue weighted by Gasteiger charge is -2.18. The van der Waals surface area contributed by atoms with Crippen molar-refractivity contribution in [1.29, 1.82) is 0 Å². The first kappa shape index (κ1) is 20.6. The zero-order valence-corrected chi connectivity index (χ0v) is 16.5. The highest BCUT2D eigenvalue weighted by Gasteiger charge is 2.23. The fraction of sp³-hybridized carbons (Fsp3) is 0.263. The molecule has 144 valence electrons. The summed E-state index contributed by atoms with van der Waals surface area (Å²) in [6.07, 6.45) is 0. The van der Waals surface area contributed by atoms with Gasteiger partial charge in [-0.05, 0) is 43.7 Å². The normalized spacial score (nSPS) is 11.3. The number of sulfonamides is 1. The maximum Gasteiger partial charge on any atom is 0.338 e. The van der Waals surface area contributed by atoms with E-state index in [-0.39, 0.29) is 11.4 Å². The van der Waals surface area contributed by atoms with Crippen LogP contribution in [0, 0.1) is 13.8 Å². The molecule has 0 aromatic heterocycles. The summed E-state index contributed by atoms with van der Waals surface area (Å²) in [4.78, 5) is 24.2. The Morgan fingerprint density at radius 2 is 1.70 bits per heavy atom. The van der Waals surface area contributed by atoms with E-state index in [0.29, 0.717) is 16.8 Å². The molecular weight excluding hydrogens is 368 g/mol. The Labute approximate surface area is 159 Å². The molecule has 0 unspecified atom stereocenters. The predicted octanol–water partition coefficient (Wildman–Crippen LogP) is 2.35. The number of anilines is 1. The van der Waals surface area contributed by atoms with Gasteiger partial charge in [-0.3, -0.25) is 4.79 Å². The summed E-state index contributed by atoms with van der Waals surface area (Å²) >= 11 is 0. The summed E-state index contributed by atoms with van der Waals surface area (Å²) in [7, 11) is -1.16. The molecule has 2 aromatic carbocycles. The summed E-state index contributed by atoms with van der Waals surface area (Å²) in [6, 6.07) is 11.2. The van der Waals surface area contributed by atoms with Crippen LogP contribution in [0.1, 0.15) is 21.5 Å². The zero-order chi connectivity index (χ0) is 20.2. The fourth-order valence-corrected chi connectivity index (χ4v) is 3.60. The van der Waals surface area contributed by atoms with E-state index in [1.54, 1.807) is 37.3 Å². The summed E-state index contributed by atoms with van der Waals surface area (Å²) in [5, 5.41) is 2.64. The first-order valence-corrected chi connectivity index (χ1v) is 9.61. The minimum atomic E-state index is -3.78. The Balaban J connectivity index is 2.14. The van der Waals surface area contributed by atoms with Gasteiger partial charge in [0.2, 0.25) is 15.9 Å². The Morgan fingerprint density at radius 3 is 2.30 bits per heavy atom. The van der Waals surface area contributed by atoms with Gasteiger partial charge in [0.05, 0.1) is 24.1 Å². The molecule has 1 amide bonds. The van der Waals surface area contributed by atoms with Crippen LogP contribution in [0.3, 0.4) is 0 Å². The molecule has 0 saturated heterocycles. The number of hydrogen-bond donors (Lipinski definition) is 1. The molecule has 0 saturated carbocycles. The highest BCUT2D eigenvalue weighted by atomic mass is 32.2. The van der Waals surface area contributed by atoms with Gasteiger partial charge in [-0.1, -0.05) is 23.8 Å². The van der Waals surface area contributed by atoms with Crippen molar-refractivity contribution in [2.75, 3.05) is 26.0 Å². The molecule has 8 heteroatoms. The standard InChI is InChI=1S/C19H22N2O5S/c1-13-8-10-15(11-9-13)27(24,25)21(3)12-18(22)20-17-7-5-6-16(14(17)2)19(23)26-4/h5-11H,12H2,1-4H3,(H,20,22). The number of hydrogen-bond acceptors (Lipinski definition) is 5. The maximum atomic E-state index is 12.6. The number of rotatable bonds is 6. The van der Waals surface area contributed by atoms with Gasteiger partial charge >= 0.3 is 5.97 Å². The molecule has 0 fully saturated rings. The average molecular weight is 390 g/mol. The lowest BCUT2D eigenvalue weighted by Crippen LogP contribution is -2.35. The number of nitrogens with zero attached hydrogens (tertiary/aromatic N) is 1. The lowest BCUT2D eigenvalue weighted by molar-refractivity contribution is -0.116. The van der Waals surface area contributed by atoms with Crippen molar-refractivity contribution in [2.24, 2.45) is 0 Å². The molecule has 27 heavy (non-hydrogen) atoms. The van der Waals surface area contributed by atoms with Crippen LogP contribution in [0.4, 0.5) is 5.69 Å². The highest BCUT2D eigenvalue weighted by Crippen LogP contribution is 2.20. The second kappa shape index (κ2) is 8.32. The van der Waals surface area contributed by atoms with E-state index in [0.717, 1.165) is 9.87 Å². The number of methoxy groups -OCH3 is 1. The second-order valence-electron chi connectivity index (χ2n) is 6.09. The number of likely N-dealkylation sites (N-methyl/N-ethyl adjacent to an activating group) is 1. The number of amides is 1. The van der Waals surface area contributed by atoms with Crippen molar-refractivity contribution in [3.8, 4) is 0 Å². The number of esters is 1. The van der Waals surface area contributed by atoms with Gasteiger partial charge in [0.1, 0.15) is 0 Å². The van der Waals surface area contributed by atoms with Crippen molar-refractivity contribution >= 4 is 27.6 Å². The largest absolute Gasteiger partial charge is 0.465 e. The summed E-state index contributed by atoms with van der Waals surface area (Å²) in [5.74, 6) is -1.03. The Bertz CT molecular complexity index is 953. The molecule has 0 radical (unpaired) electrons. The molecule has 0 spiro atoms. The van der Waals surface area contributed by atoms with Crippen LogP contribution in [-0.2, 0) is 19.6 Å². The van der Waals surface area contributed by atoms with E-state index in [1.165, 1.54) is 26.3 Å². The number of carbonyl (C=O) groups is 2. The molecule has 2 rings (SSSR count). The molecule has 7 nitrogen and oxygen atoms in total. The topological polar surface area (TPSA) is 92.8 Å². The average Bonchev–Trinajstić information content (AvgIpc) is 2.63. The van der Waals surface area contributed by atoms with Gasteiger partial charge in [0.25, 0.3) is 0 Å². The molecular formula is C19H22N2O5S. The Morgan fingerprint density at radius 1 is 1.07 bits per heavy atom. The summed E-state index contributed by atoms with van der Waals surface area (Å²) in [5.41, 5.74) is 2.23. The quantitative estimate of drug-likeness (QED) is 0.765. The first-order valence-electron chi connectivity index (χ1n) is 8.17. The van der Waals surface area contributed by atoms with Crippen LogP contribution in [0.25, 0.3) is 0 Å². The van der Waals surface area contributed by atoms with Gasteiger partial charge in [0, 0.05) is 12.7 Å². The van der Waals surface area contributed by atoms with Gasteiger partial charge < -0.3 is 10.1 Å². The van der Waals surface area contributed by atoms with E-state index in [1.807, 2.05) is 6.92 Å². The summed E-state index contributed by atoms with van der Waals surface area (Å²) in [6.45, 7) is 3.17. The molecule has 0 heterocycles. The molecule has 0 aliphatic carbocycles. The van der Waals surface area contributed by atoms with E-state index in [4.69, 9.17) is 4.74 Å². The molecule has 1 N–H and O–H groups in total. The van der Waals surface area contributed by atoms with Gasteiger partial charge in [0.15, 0.2) is 0 Å². The zero-order valence-electron chi connectivity index (χ0n) is 15.6. The first-order chi connectivity index (χ1) is 12.7. The number of ether oxygens (including phenoxy) is 1. The smallest absolute Gasteiger partial charge is 0.338 e. The van der Waals surface area contributed by atoms with Crippen LogP contribution in [-0.4, -0.2) is 45.3 Å². The van der Waals surface area contributed by atoms with Gasteiger partial charge in [-0.15, -0.1) is 0 Å². The lowest BCUT2D eigenvalue weighted by atomic mass is 10.1. The molecule has 0 aliphatic heterocycles. The van der Waals surface area contributed by atoms with Crippen LogP contribution in [0.2, 0.25) is 0 Å². The number of carbonyl (C=O) groups excluding carboxylic acids is 2. The van der Waals surface area contributed by atoms with Crippen molar-refractivity contribution in [3.05, 3.63) is 59.2 Å². The van der Waals surface area contributed by atoms with Crippen LogP contribution in [0.5, 0.6) is 0 Å². The van der Waals surface area contributed by atoms with Crippen LogP contribution >= 0.6 is 0 Å². The van der Waals surface area contributed by atoms with Crippen LogP contribution in [0.15, 0.2) is 47.4 Å². The number of nitrogens with one attached hydrogen (secondary N) is 1. The van der Waals surface area contributed by atoms with Crippen LogP contribution < -0.4 is 5.32 Å². The molecule has 0 atom stereocenters. The molecule has 2 aromatic rings. The Hall–Kier alpha value is -2.71. The van der Waals surface area contributed by atoms with E-state index >= 15 is 0 Å². The predicted molar refractivity (Wildman–Crippen MR) is 102 cm³/mol. The van der Waals surface area contributed by atoms with E-state index < -0.39 is 21.9 Å². The van der Waals surface area contributed by atoms with Gasteiger partial charge in [-0.2, -0.15) is 4.31 Å². The second-order valence-corrected chi connectivity index (χ2v) is 8.14. The molecule has 0 aliphatic rings. The van der Waals surface area contributed by atoms with Crippen molar-refractivity contribution in [3.63, 3.8) is 0 Å². The minimum absolute atomic E-state index is 0.118. The fourth-order valence-electron chi connectivity index (χ4n) is 2.47. The van der Waals surface area contributed by atoms with Crippen molar-refractivity contribution in [2.45, 2.75) is 18.7 Å². The van der Waals surface area contributed by atoms with Crippen molar-refractivity contribution < 1.29 is 22.7 Å². The van der Waals surface area contributed by atoms with E-state index in [9.17, 15) is 18.0 Å². The van der Waals surface area contributed by atoms with Crippen molar-refractivity contribution in [1.82, 2.24) is 4.31 Å². The maximum absolute atomic E-state index is 12.6. The minimum Gasteiger partial charge on any atom is -0.465 e.